The van der Waals surface area contributed by atoms with E-state index in [4.69, 9.17) is 16.3 Å². The number of amides is 1. The van der Waals surface area contributed by atoms with E-state index in [1.807, 2.05) is 0 Å². The van der Waals surface area contributed by atoms with E-state index in [-0.39, 0.29) is 23.5 Å². The van der Waals surface area contributed by atoms with E-state index < -0.39 is 15.2 Å². The molecule has 0 N–H and O–H groups in total. The number of sulfone groups is 1. The van der Waals surface area contributed by atoms with E-state index in [1.54, 1.807) is 18.9 Å². The highest BCUT2D eigenvalue weighted by Gasteiger charge is 2.35. The Labute approximate surface area is 113 Å². The smallest absolute Gasteiger partial charge is 0.240 e. The highest BCUT2D eigenvalue weighted by atomic mass is 35.5. The van der Waals surface area contributed by atoms with Gasteiger partial charge in [-0.1, -0.05) is 0 Å². The third-order valence-electron chi connectivity index (χ3n) is 3.02. The average molecular weight is 298 g/mol. The number of hydrogen-bond donors (Lipinski definition) is 0. The number of hydrogen-bond acceptors (Lipinski definition) is 4. The Morgan fingerprint density at radius 3 is 2.67 bits per heavy atom. The molecular formula is C11H20ClNO4S. The normalized spacial score (nSPS) is 23.8. The summed E-state index contributed by atoms with van der Waals surface area (Å²) in [4.78, 5) is 13.6. The first kappa shape index (κ1) is 15.7. The van der Waals surface area contributed by atoms with Crippen LogP contribution in [0.5, 0.6) is 0 Å². The van der Waals surface area contributed by atoms with Crippen molar-refractivity contribution in [1.29, 1.82) is 0 Å². The van der Waals surface area contributed by atoms with Crippen LogP contribution in [0.25, 0.3) is 0 Å². The fraction of sp³-hybridized carbons (Fsp3) is 0.909. The molecule has 1 saturated heterocycles. The summed E-state index contributed by atoms with van der Waals surface area (Å²) in [7, 11) is -1.40. The molecule has 0 bridgehead atoms. The van der Waals surface area contributed by atoms with E-state index >= 15 is 0 Å². The molecule has 1 rings (SSSR count). The molecule has 0 spiro atoms. The lowest BCUT2D eigenvalue weighted by Gasteiger charge is -2.29. The molecule has 1 amide bonds. The number of alkyl halides is 1. The van der Waals surface area contributed by atoms with Crippen LogP contribution in [0.2, 0.25) is 0 Å². The molecule has 2 atom stereocenters. The quantitative estimate of drug-likeness (QED) is 0.534. The van der Waals surface area contributed by atoms with Gasteiger partial charge in [0, 0.05) is 26.3 Å². The van der Waals surface area contributed by atoms with Crippen LogP contribution in [0, 0.1) is 0 Å². The van der Waals surface area contributed by atoms with Gasteiger partial charge in [-0.15, -0.1) is 11.6 Å². The van der Waals surface area contributed by atoms with Crippen molar-refractivity contribution in [3.8, 4) is 0 Å². The minimum atomic E-state index is -3.00. The third kappa shape index (κ3) is 4.40. The van der Waals surface area contributed by atoms with Crippen LogP contribution < -0.4 is 0 Å². The Bertz CT molecular complexity index is 383. The van der Waals surface area contributed by atoms with Crippen molar-refractivity contribution in [2.75, 3.05) is 31.8 Å². The zero-order valence-corrected chi connectivity index (χ0v) is 12.3. The predicted octanol–water partition coefficient (Wildman–Crippen LogP) is 0.666. The lowest BCUT2D eigenvalue weighted by Crippen LogP contribution is -2.45. The Balaban J connectivity index is 2.68. The summed E-state index contributed by atoms with van der Waals surface area (Å²) in [5, 5.41) is -0.629. The van der Waals surface area contributed by atoms with Gasteiger partial charge in [-0.2, -0.15) is 0 Å². The van der Waals surface area contributed by atoms with Gasteiger partial charge in [-0.25, -0.2) is 8.42 Å². The molecule has 0 aromatic rings. The molecule has 1 heterocycles. The highest BCUT2D eigenvalue weighted by Crippen LogP contribution is 2.19. The molecule has 0 saturated carbocycles. The Hall–Kier alpha value is -0.330. The van der Waals surface area contributed by atoms with Crippen molar-refractivity contribution >= 4 is 27.3 Å². The maximum atomic E-state index is 12.0. The second kappa shape index (κ2) is 6.73. The maximum Gasteiger partial charge on any atom is 0.240 e. The van der Waals surface area contributed by atoms with Crippen LogP contribution in [0.3, 0.4) is 0 Å². The zero-order chi connectivity index (χ0) is 13.8. The molecule has 0 aromatic heterocycles. The number of rotatable bonds is 6. The first-order valence-electron chi connectivity index (χ1n) is 6.01. The third-order valence-corrected chi connectivity index (χ3v) is 4.96. The summed E-state index contributed by atoms with van der Waals surface area (Å²) in [5.41, 5.74) is 0. The molecular weight excluding hydrogens is 278 g/mol. The van der Waals surface area contributed by atoms with Gasteiger partial charge in [-0.3, -0.25) is 4.79 Å². The van der Waals surface area contributed by atoms with Crippen molar-refractivity contribution in [2.24, 2.45) is 0 Å². The van der Waals surface area contributed by atoms with Gasteiger partial charge in [0.1, 0.15) is 5.38 Å². The lowest BCUT2D eigenvalue weighted by atomic mass is 10.2. The zero-order valence-electron chi connectivity index (χ0n) is 10.8. The molecule has 0 aliphatic carbocycles. The molecule has 18 heavy (non-hydrogen) atoms. The highest BCUT2D eigenvalue weighted by molar-refractivity contribution is 7.91. The molecule has 7 heteroatoms. The fourth-order valence-electron chi connectivity index (χ4n) is 2.10. The summed E-state index contributed by atoms with van der Waals surface area (Å²) < 4.78 is 27.9. The average Bonchev–Trinajstić information content (AvgIpc) is 2.64. The second-order valence-corrected chi connectivity index (χ2v) is 7.43. The molecule has 1 aliphatic heterocycles. The van der Waals surface area contributed by atoms with Gasteiger partial charge >= 0.3 is 0 Å². The molecule has 1 aliphatic rings. The fourth-order valence-corrected chi connectivity index (χ4v) is 3.96. The van der Waals surface area contributed by atoms with Crippen LogP contribution in [0.15, 0.2) is 0 Å². The van der Waals surface area contributed by atoms with Crippen molar-refractivity contribution in [1.82, 2.24) is 4.90 Å². The Morgan fingerprint density at radius 1 is 1.56 bits per heavy atom. The van der Waals surface area contributed by atoms with Gasteiger partial charge in [0.05, 0.1) is 11.5 Å². The summed E-state index contributed by atoms with van der Waals surface area (Å²) in [6, 6.07) is -0.236. The minimum Gasteiger partial charge on any atom is -0.385 e. The van der Waals surface area contributed by atoms with Crippen LogP contribution in [-0.4, -0.2) is 62.4 Å². The first-order valence-corrected chi connectivity index (χ1v) is 8.27. The molecule has 0 radical (unpaired) electrons. The largest absolute Gasteiger partial charge is 0.385 e. The first-order chi connectivity index (χ1) is 8.37. The van der Waals surface area contributed by atoms with Gasteiger partial charge < -0.3 is 9.64 Å². The van der Waals surface area contributed by atoms with E-state index in [0.29, 0.717) is 26.0 Å². The number of ether oxygens (including phenoxy) is 1. The van der Waals surface area contributed by atoms with E-state index in [1.165, 1.54) is 0 Å². The number of carbonyl (C=O) groups is 1. The van der Waals surface area contributed by atoms with Gasteiger partial charge in [0.15, 0.2) is 9.84 Å². The summed E-state index contributed by atoms with van der Waals surface area (Å²) >= 11 is 5.81. The Morgan fingerprint density at radius 2 is 2.22 bits per heavy atom. The monoisotopic (exact) mass is 297 g/mol. The van der Waals surface area contributed by atoms with Gasteiger partial charge in [0.25, 0.3) is 0 Å². The van der Waals surface area contributed by atoms with E-state index in [9.17, 15) is 13.2 Å². The molecule has 5 nitrogen and oxygen atoms in total. The van der Waals surface area contributed by atoms with Crippen molar-refractivity contribution in [3.05, 3.63) is 0 Å². The summed E-state index contributed by atoms with van der Waals surface area (Å²) in [6.07, 6.45) is 1.19. The standard InChI is InChI=1S/C11H20ClNO4S/c1-9(12)11(14)13(5-3-6-17-2)10-4-7-18(15,16)8-10/h9-10H,3-8H2,1-2H3. The number of nitrogens with zero attached hydrogens (tertiary/aromatic N) is 1. The van der Waals surface area contributed by atoms with Crippen LogP contribution in [0.1, 0.15) is 19.8 Å². The predicted molar refractivity (Wildman–Crippen MR) is 70.6 cm³/mol. The molecule has 2 unspecified atom stereocenters. The van der Waals surface area contributed by atoms with Crippen LogP contribution in [0.4, 0.5) is 0 Å². The van der Waals surface area contributed by atoms with Crippen LogP contribution in [-0.2, 0) is 19.4 Å². The molecule has 0 aromatic carbocycles. The number of carbonyl (C=O) groups excluding carboxylic acids is 1. The lowest BCUT2D eigenvalue weighted by molar-refractivity contribution is -0.132. The van der Waals surface area contributed by atoms with Gasteiger partial charge in [0.2, 0.25) is 5.91 Å². The topological polar surface area (TPSA) is 63.7 Å². The van der Waals surface area contributed by atoms with Crippen LogP contribution >= 0.6 is 11.6 Å². The minimum absolute atomic E-state index is 0.0509. The maximum absolute atomic E-state index is 12.0. The summed E-state index contributed by atoms with van der Waals surface area (Å²) in [6.45, 7) is 2.64. The molecule has 106 valence electrons. The Kier molecular flexibility index (Phi) is 5.88. The molecule has 1 fully saturated rings. The van der Waals surface area contributed by atoms with Crippen molar-refractivity contribution in [3.63, 3.8) is 0 Å². The number of halogens is 1. The SMILES string of the molecule is COCCCN(C(=O)C(C)Cl)C1CCS(=O)(=O)C1. The van der Waals surface area contributed by atoms with Gasteiger partial charge in [-0.05, 0) is 19.8 Å². The summed E-state index contributed by atoms with van der Waals surface area (Å²) in [5.74, 6) is 0.00688. The van der Waals surface area contributed by atoms with E-state index in [2.05, 4.69) is 0 Å². The van der Waals surface area contributed by atoms with Crippen molar-refractivity contribution < 1.29 is 17.9 Å². The van der Waals surface area contributed by atoms with Crippen molar-refractivity contribution in [2.45, 2.75) is 31.2 Å². The second-order valence-electron chi connectivity index (χ2n) is 4.55. The van der Waals surface area contributed by atoms with E-state index in [0.717, 1.165) is 0 Å². The number of methoxy groups -OCH3 is 1.